The molecule has 37 heavy (non-hydrogen) atoms. The van der Waals surface area contributed by atoms with E-state index < -0.39 is 12.1 Å². The molecule has 2 atom stereocenters. The van der Waals surface area contributed by atoms with Crippen molar-refractivity contribution in [2.45, 2.75) is 32.5 Å². The summed E-state index contributed by atoms with van der Waals surface area (Å²) in [4.78, 5) is 32.5. The molecule has 3 heterocycles. The topological polar surface area (TPSA) is 78.3 Å². The molecular formula is C31H27N3O3. The van der Waals surface area contributed by atoms with Crippen LogP contribution in [-0.4, -0.2) is 27.7 Å². The van der Waals surface area contributed by atoms with Gasteiger partial charge < -0.3 is 19.6 Å². The molecular weight excluding hydrogens is 462 g/mol. The van der Waals surface area contributed by atoms with E-state index in [1.807, 2.05) is 48.5 Å². The van der Waals surface area contributed by atoms with Crippen LogP contribution in [0.4, 0.5) is 0 Å². The fourth-order valence-corrected chi connectivity index (χ4v) is 5.29. The second-order valence-electron chi connectivity index (χ2n) is 9.50. The van der Waals surface area contributed by atoms with E-state index in [2.05, 4.69) is 47.6 Å². The molecule has 2 amide bonds. The Labute approximate surface area is 214 Å². The van der Waals surface area contributed by atoms with Gasteiger partial charge in [0.2, 0.25) is 5.91 Å². The number of nitrogens with zero attached hydrogens (tertiary/aromatic N) is 1. The number of carbonyl (C=O) groups is 2. The predicted molar refractivity (Wildman–Crippen MR) is 143 cm³/mol. The predicted octanol–water partition coefficient (Wildman–Crippen LogP) is 5.99. The molecule has 184 valence electrons. The molecule has 6 heteroatoms. The number of H-pyrrole nitrogens is 1. The average Bonchev–Trinajstić information content (AvgIpc) is 3.64. The highest BCUT2D eigenvalue weighted by atomic mass is 16.3. The molecule has 0 bridgehead atoms. The minimum absolute atomic E-state index is 0.151. The third-order valence-electron chi connectivity index (χ3n) is 7.17. The molecule has 0 saturated heterocycles. The van der Waals surface area contributed by atoms with Crippen LogP contribution in [0.3, 0.4) is 0 Å². The number of hydrogen-bond acceptors (Lipinski definition) is 3. The fraction of sp³-hybridized carbons (Fsp3) is 0.161. The zero-order valence-corrected chi connectivity index (χ0v) is 20.7. The largest absolute Gasteiger partial charge is 0.467 e. The summed E-state index contributed by atoms with van der Waals surface area (Å²) in [5.74, 6) is 0.270. The summed E-state index contributed by atoms with van der Waals surface area (Å²) in [6, 6.07) is 26.6. The first-order chi connectivity index (χ1) is 18.0. The van der Waals surface area contributed by atoms with Gasteiger partial charge in [-0.25, -0.2) is 0 Å². The van der Waals surface area contributed by atoms with Crippen LogP contribution in [0, 0.1) is 6.92 Å². The summed E-state index contributed by atoms with van der Waals surface area (Å²) in [6.45, 7) is 4.11. The Morgan fingerprint density at radius 1 is 1.00 bits per heavy atom. The van der Waals surface area contributed by atoms with Crippen molar-refractivity contribution in [3.05, 3.63) is 119 Å². The van der Waals surface area contributed by atoms with E-state index in [1.165, 1.54) is 5.56 Å². The van der Waals surface area contributed by atoms with Crippen LogP contribution in [0.15, 0.2) is 95.6 Å². The molecule has 0 radical (unpaired) electrons. The van der Waals surface area contributed by atoms with Crippen molar-refractivity contribution in [1.29, 1.82) is 0 Å². The highest BCUT2D eigenvalue weighted by molar-refractivity contribution is 6.04. The van der Waals surface area contributed by atoms with E-state index >= 15 is 0 Å². The normalized spacial score (nSPS) is 15.7. The highest BCUT2D eigenvalue weighted by Gasteiger charge is 2.44. The van der Waals surface area contributed by atoms with Gasteiger partial charge in [0, 0.05) is 22.0 Å². The van der Waals surface area contributed by atoms with Gasteiger partial charge in [-0.15, -0.1) is 0 Å². The number of fused-ring (bicyclic) bond motifs is 2. The number of furan rings is 1. The Balaban J connectivity index is 1.49. The summed E-state index contributed by atoms with van der Waals surface area (Å²) in [6.07, 6.45) is 1.57. The van der Waals surface area contributed by atoms with Crippen LogP contribution in [0.2, 0.25) is 0 Å². The SMILES string of the molecule is Cc1ccc(-c2[nH]c3ccccc3c2[C@H]2c3ccccc3C(=O)N2[C@H](C)C(=O)NCc2ccco2)cc1. The van der Waals surface area contributed by atoms with Crippen LogP contribution in [0.5, 0.6) is 0 Å². The van der Waals surface area contributed by atoms with Gasteiger partial charge in [-0.1, -0.05) is 66.2 Å². The van der Waals surface area contributed by atoms with Crippen molar-refractivity contribution in [1.82, 2.24) is 15.2 Å². The van der Waals surface area contributed by atoms with Gasteiger partial charge in [-0.05, 0) is 49.2 Å². The van der Waals surface area contributed by atoms with Gasteiger partial charge in [0.15, 0.2) is 0 Å². The summed E-state index contributed by atoms with van der Waals surface area (Å²) < 4.78 is 5.36. The van der Waals surface area contributed by atoms with Crippen LogP contribution >= 0.6 is 0 Å². The minimum Gasteiger partial charge on any atom is -0.467 e. The molecule has 2 N–H and O–H groups in total. The number of para-hydroxylation sites is 1. The van der Waals surface area contributed by atoms with Crippen molar-refractivity contribution >= 4 is 22.7 Å². The number of amides is 2. The first kappa shape index (κ1) is 22.9. The molecule has 0 fully saturated rings. The number of aromatic nitrogens is 1. The smallest absolute Gasteiger partial charge is 0.255 e. The second-order valence-corrected chi connectivity index (χ2v) is 9.50. The maximum atomic E-state index is 13.8. The molecule has 0 aliphatic carbocycles. The number of aromatic amines is 1. The van der Waals surface area contributed by atoms with Crippen LogP contribution in [-0.2, 0) is 11.3 Å². The zero-order valence-electron chi connectivity index (χ0n) is 20.7. The number of rotatable bonds is 6. The molecule has 6 rings (SSSR count). The Morgan fingerprint density at radius 2 is 1.76 bits per heavy atom. The number of nitrogens with one attached hydrogen (secondary N) is 2. The molecule has 2 aromatic heterocycles. The summed E-state index contributed by atoms with van der Waals surface area (Å²) in [7, 11) is 0. The van der Waals surface area contributed by atoms with E-state index in [0.29, 0.717) is 11.3 Å². The van der Waals surface area contributed by atoms with Crippen LogP contribution < -0.4 is 5.32 Å². The van der Waals surface area contributed by atoms with Crippen molar-refractivity contribution < 1.29 is 14.0 Å². The molecule has 0 unspecified atom stereocenters. The lowest BCUT2D eigenvalue weighted by atomic mass is 9.92. The second kappa shape index (κ2) is 9.13. The standard InChI is InChI=1S/C31H27N3O3/c1-19-13-15-21(16-14-19)28-27(25-11-5-6-12-26(25)33-28)29-23-9-3-4-10-24(23)31(36)34(29)20(2)30(35)32-18-22-8-7-17-37-22/h3-17,20,29,33H,18H2,1-2H3,(H,32,35)/t20-,29-/m1/s1. The van der Waals surface area contributed by atoms with Crippen molar-refractivity contribution in [3.63, 3.8) is 0 Å². The molecule has 6 nitrogen and oxygen atoms in total. The monoisotopic (exact) mass is 489 g/mol. The zero-order chi connectivity index (χ0) is 25.5. The van der Waals surface area contributed by atoms with Gasteiger partial charge in [0.1, 0.15) is 11.8 Å². The number of carbonyl (C=O) groups excluding carboxylic acids is 2. The van der Waals surface area contributed by atoms with Crippen LogP contribution in [0.25, 0.3) is 22.2 Å². The summed E-state index contributed by atoms with van der Waals surface area (Å²) in [5, 5.41) is 3.96. The first-order valence-corrected chi connectivity index (χ1v) is 12.4. The Bertz CT molecular complexity index is 1600. The minimum atomic E-state index is -0.709. The third kappa shape index (κ3) is 3.91. The Morgan fingerprint density at radius 3 is 2.54 bits per heavy atom. The van der Waals surface area contributed by atoms with E-state index in [-0.39, 0.29) is 18.4 Å². The number of benzene rings is 3. The van der Waals surface area contributed by atoms with Crippen LogP contribution in [0.1, 0.15) is 45.8 Å². The number of aryl methyl sites for hydroxylation is 1. The molecule has 1 aliphatic heterocycles. The lowest BCUT2D eigenvalue weighted by molar-refractivity contribution is -0.125. The summed E-state index contributed by atoms with van der Waals surface area (Å²) in [5.41, 5.74) is 6.65. The van der Waals surface area contributed by atoms with Gasteiger partial charge >= 0.3 is 0 Å². The third-order valence-corrected chi connectivity index (χ3v) is 7.17. The molecule has 5 aromatic rings. The quantitative estimate of drug-likeness (QED) is 0.308. The number of hydrogen-bond donors (Lipinski definition) is 2. The summed E-state index contributed by atoms with van der Waals surface area (Å²) >= 11 is 0. The van der Waals surface area contributed by atoms with Crippen molar-refractivity contribution in [2.75, 3.05) is 0 Å². The fourth-order valence-electron chi connectivity index (χ4n) is 5.29. The van der Waals surface area contributed by atoms with Gasteiger partial charge in [0.25, 0.3) is 5.91 Å². The lowest BCUT2D eigenvalue weighted by Crippen LogP contribution is -2.46. The van der Waals surface area contributed by atoms with Gasteiger partial charge in [0.05, 0.1) is 24.5 Å². The van der Waals surface area contributed by atoms with Gasteiger partial charge in [-0.3, -0.25) is 9.59 Å². The van der Waals surface area contributed by atoms with E-state index in [0.717, 1.165) is 33.3 Å². The first-order valence-electron chi connectivity index (χ1n) is 12.4. The molecule has 3 aromatic carbocycles. The van der Waals surface area contributed by atoms with Gasteiger partial charge in [-0.2, -0.15) is 0 Å². The average molecular weight is 490 g/mol. The van der Waals surface area contributed by atoms with E-state index in [1.54, 1.807) is 24.2 Å². The molecule has 1 aliphatic rings. The lowest BCUT2D eigenvalue weighted by Gasteiger charge is -2.31. The van der Waals surface area contributed by atoms with Crippen molar-refractivity contribution in [2.24, 2.45) is 0 Å². The molecule has 0 spiro atoms. The van der Waals surface area contributed by atoms with Crippen molar-refractivity contribution in [3.8, 4) is 11.3 Å². The maximum absolute atomic E-state index is 13.8. The Kier molecular flexibility index (Phi) is 5.64. The maximum Gasteiger partial charge on any atom is 0.255 e. The molecule has 0 saturated carbocycles. The Hall–Kier alpha value is -4.58. The highest BCUT2D eigenvalue weighted by Crippen LogP contribution is 2.46. The van der Waals surface area contributed by atoms with E-state index in [9.17, 15) is 9.59 Å². The van der Waals surface area contributed by atoms with E-state index in [4.69, 9.17) is 4.42 Å².